The number of nitrogens with zero attached hydrogens (tertiary/aromatic N) is 2. The summed E-state index contributed by atoms with van der Waals surface area (Å²) in [4.78, 5) is 7.98. The zero-order chi connectivity index (χ0) is 11.4. The number of hydrogen-bond acceptors (Lipinski definition) is 3. The summed E-state index contributed by atoms with van der Waals surface area (Å²) in [5.41, 5.74) is 3.37. The van der Waals surface area contributed by atoms with Gasteiger partial charge in [0.05, 0.1) is 0 Å². The zero-order valence-electron chi connectivity index (χ0n) is 8.94. The fourth-order valence-electron chi connectivity index (χ4n) is 1.41. The topological polar surface area (TPSA) is 37.8 Å². The molecule has 4 heteroatoms. The van der Waals surface area contributed by atoms with Crippen LogP contribution in [0, 0.1) is 6.92 Å². The second-order valence-electron chi connectivity index (χ2n) is 3.52. The second kappa shape index (κ2) is 4.94. The Balaban J connectivity index is 2.05. The van der Waals surface area contributed by atoms with Crippen LogP contribution in [0.5, 0.6) is 0 Å². The number of aromatic nitrogens is 2. The van der Waals surface area contributed by atoms with Gasteiger partial charge in [0.25, 0.3) is 0 Å². The smallest absolute Gasteiger partial charge is 0.131 e. The van der Waals surface area contributed by atoms with E-state index in [-0.39, 0.29) is 0 Å². The van der Waals surface area contributed by atoms with E-state index in [4.69, 9.17) is 11.6 Å². The fraction of sp³-hybridized carbons (Fsp3) is 0.167. The Morgan fingerprint density at radius 2 is 2.19 bits per heavy atom. The van der Waals surface area contributed by atoms with Crippen molar-refractivity contribution in [2.45, 2.75) is 13.5 Å². The van der Waals surface area contributed by atoms with Crippen molar-refractivity contribution in [3.63, 3.8) is 0 Å². The van der Waals surface area contributed by atoms with Crippen molar-refractivity contribution in [3.05, 3.63) is 53.1 Å². The molecular weight excluding hydrogens is 222 g/mol. The lowest BCUT2D eigenvalue weighted by molar-refractivity contribution is 1.09. The van der Waals surface area contributed by atoms with Gasteiger partial charge in [0.2, 0.25) is 0 Å². The van der Waals surface area contributed by atoms with Crippen LogP contribution in [-0.4, -0.2) is 9.97 Å². The molecule has 0 unspecified atom stereocenters. The Labute approximate surface area is 99.5 Å². The maximum Gasteiger partial charge on any atom is 0.131 e. The molecule has 0 aromatic carbocycles. The maximum atomic E-state index is 5.80. The van der Waals surface area contributed by atoms with Gasteiger partial charge in [-0.3, -0.25) is 4.98 Å². The van der Waals surface area contributed by atoms with Gasteiger partial charge in [-0.1, -0.05) is 11.6 Å². The van der Waals surface area contributed by atoms with Crippen LogP contribution < -0.4 is 5.32 Å². The van der Waals surface area contributed by atoms with Crippen molar-refractivity contribution in [3.8, 4) is 0 Å². The van der Waals surface area contributed by atoms with Gasteiger partial charge in [-0.15, -0.1) is 0 Å². The molecule has 82 valence electrons. The highest BCUT2D eigenvalue weighted by atomic mass is 35.5. The van der Waals surface area contributed by atoms with E-state index in [0.29, 0.717) is 5.15 Å². The van der Waals surface area contributed by atoms with Gasteiger partial charge in [-0.05, 0) is 36.2 Å². The monoisotopic (exact) mass is 233 g/mol. The highest BCUT2D eigenvalue weighted by molar-refractivity contribution is 6.29. The van der Waals surface area contributed by atoms with Crippen LogP contribution in [-0.2, 0) is 6.54 Å². The van der Waals surface area contributed by atoms with E-state index in [9.17, 15) is 0 Å². The maximum absolute atomic E-state index is 5.80. The van der Waals surface area contributed by atoms with Gasteiger partial charge in [0.1, 0.15) is 5.15 Å². The van der Waals surface area contributed by atoms with Crippen molar-refractivity contribution >= 4 is 17.3 Å². The van der Waals surface area contributed by atoms with E-state index in [1.54, 1.807) is 18.5 Å². The number of halogens is 1. The van der Waals surface area contributed by atoms with Gasteiger partial charge in [0, 0.05) is 30.8 Å². The van der Waals surface area contributed by atoms with Crippen LogP contribution in [0.25, 0.3) is 0 Å². The molecular formula is C12H12ClN3. The lowest BCUT2D eigenvalue weighted by Crippen LogP contribution is -2.01. The molecule has 2 aromatic heterocycles. The molecule has 3 nitrogen and oxygen atoms in total. The van der Waals surface area contributed by atoms with Gasteiger partial charge < -0.3 is 5.32 Å². The molecule has 16 heavy (non-hydrogen) atoms. The highest BCUT2D eigenvalue weighted by Crippen LogP contribution is 2.14. The van der Waals surface area contributed by atoms with Crippen molar-refractivity contribution < 1.29 is 0 Å². The summed E-state index contributed by atoms with van der Waals surface area (Å²) in [5.74, 6) is 0. The first-order valence-electron chi connectivity index (χ1n) is 5.00. The van der Waals surface area contributed by atoms with E-state index in [1.165, 1.54) is 11.1 Å². The fourth-order valence-corrected chi connectivity index (χ4v) is 1.58. The third-order valence-electron chi connectivity index (χ3n) is 2.35. The molecule has 0 saturated carbocycles. The predicted octanol–water partition coefficient (Wildman–Crippen LogP) is 3.05. The first-order valence-corrected chi connectivity index (χ1v) is 5.38. The Bertz CT molecular complexity index is 485. The minimum Gasteiger partial charge on any atom is -0.381 e. The third kappa shape index (κ3) is 2.70. The summed E-state index contributed by atoms with van der Waals surface area (Å²) in [6.07, 6.45) is 5.34. The van der Waals surface area contributed by atoms with Crippen LogP contribution in [0.3, 0.4) is 0 Å². The average Bonchev–Trinajstić information content (AvgIpc) is 2.28. The van der Waals surface area contributed by atoms with E-state index >= 15 is 0 Å². The molecule has 2 aromatic rings. The summed E-state index contributed by atoms with van der Waals surface area (Å²) in [6, 6.07) is 5.70. The summed E-state index contributed by atoms with van der Waals surface area (Å²) in [6.45, 7) is 2.80. The number of anilines is 1. The molecule has 0 amide bonds. The summed E-state index contributed by atoms with van der Waals surface area (Å²) in [5, 5.41) is 3.79. The van der Waals surface area contributed by atoms with E-state index in [0.717, 1.165) is 12.2 Å². The molecule has 0 radical (unpaired) electrons. The quantitative estimate of drug-likeness (QED) is 0.828. The summed E-state index contributed by atoms with van der Waals surface area (Å²) >= 11 is 5.80. The molecule has 0 aliphatic heterocycles. The lowest BCUT2D eigenvalue weighted by atomic mass is 10.1. The van der Waals surface area contributed by atoms with Crippen molar-refractivity contribution in [2.24, 2.45) is 0 Å². The van der Waals surface area contributed by atoms with Crippen LogP contribution in [0.2, 0.25) is 5.15 Å². The number of nitrogens with one attached hydrogen (secondary N) is 1. The first-order chi connectivity index (χ1) is 7.75. The number of hydrogen-bond donors (Lipinski definition) is 1. The number of pyridine rings is 2. The van der Waals surface area contributed by atoms with E-state index in [1.807, 2.05) is 25.3 Å². The van der Waals surface area contributed by atoms with Gasteiger partial charge in [0.15, 0.2) is 0 Å². The normalized spacial score (nSPS) is 10.1. The van der Waals surface area contributed by atoms with Crippen molar-refractivity contribution in [1.82, 2.24) is 9.97 Å². The molecule has 2 heterocycles. The Morgan fingerprint density at radius 3 is 2.94 bits per heavy atom. The average molecular weight is 234 g/mol. The Morgan fingerprint density at radius 1 is 1.31 bits per heavy atom. The molecule has 0 saturated heterocycles. The molecule has 1 N–H and O–H groups in total. The third-order valence-corrected chi connectivity index (χ3v) is 2.55. The molecule has 0 aliphatic rings. The summed E-state index contributed by atoms with van der Waals surface area (Å²) < 4.78 is 0. The molecule has 0 aliphatic carbocycles. The van der Waals surface area contributed by atoms with E-state index < -0.39 is 0 Å². The van der Waals surface area contributed by atoms with Gasteiger partial charge >= 0.3 is 0 Å². The minimum atomic E-state index is 0.497. The van der Waals surface area contributed by atoms with Crippen LogP contribution in [0.4, 0.5) is 5.69 Å². The lowest BCUT2D eigenvalue weighted by Gasteiger charge is -2.08. The predicted molar refractivity (Wildman–Crippen MR) is 65.5 cm³/mol. The highest BCUT2D eigenvalue weighted by Gasteiger charge is 1.98. The first kappa shape index (κ1) is 10.9. The molecule has 2 rings (SSSR count). The van der Waals surface area contributed by atoms with Crippen LogP contribution >= 0.6 is 11.6 Å². The van der Waals surface area contributed by atoms with Crippen LogP contribution in [0.1, 0.15) is 11.1 Å². The molecule has 0 fully saturated rings. The molecule has 0 atom stereocenters. The SMILES string of the molecule is Cc1cnccc1CNc1ccnc(Cl)c1. The number of aryl methyl sites for hydroxylation is 1. The summed E-state index contributed by atoms with van der Waals surface area (Å²) in [7, 11) is 0. The van der Waals surface area contributed by atoms with Gasteiger partial charge in [-0.25, -0.2) is 4.98 Å². The van der Waals surface area contributed by atoms with Crippen LogP contribution in [0.15, 0.2) is 36.8 Å². The zero-order valence-corrected chi connectivity index (χ0v) is 9.70. The Kier molecular flexibility index (Phi) is 3.37. The minimum absolute atomic E-state index is 0.497. The van der Waals surface area contributed by atoms with E-state index in [2.05, 4.69) is 15.3 Å². The Hall–Kier alpha value is -1.61. The standard InChI is InChI=1S/C12H12ClN3/c1-9-7-14-4-2-10(9)8-16-11-3-5-15-12(13)6-11/h2-7H,8H2,1H3,(H,15,16). The second-order valence-corrected chi connectivity index (χ2v) is 3.91. The van der Waals surface area contributed by atoms with Crippen molar-refractivity contribution in [2.75, 3.05) is 5.32 Å². The van der Waals surface area contributed by atoms with Gasteiger partial charge in [-0.2, -0.15) is 0 Å². The number of rotatable bonds is 3. The largest absolute Gasteiger partial charge is 0.381 e. The van der Waals surface area contributed by atoms with Crippen molar-refractivity contribution in [1.29, 1.82) is 0 Å². The molecule has 0 bridgehead atoms. The molecule has 0 spiro atoms.